The standard InChI is InChI=1S/C22H25N7O2.C15H20ClN5O2.C10H20N2O2.C7H6N2.C5H3Cl2N3O.C5HCl2N3.C5H2Cl2N2O.C4H2Cl2N2.C3H6O2.CH2Cl2.Cl2OS.H3NO/c1-22(2,3)31-21(30)28-9-6-7-15(14-28)26-18-13-24-16(11-23)20(27-18)17-12-25-19-8-4-5-10-29(17)19;1-15(2,3)23-14(22)21-6-4-5-10(9-21)19-12-8-18-11(7-17)13(16)20-12;1-10(2,3)14-9(13)12-6-4-5-8(11)7-12;1-2-5-9-6-4-8-7(9)3-1;6-4-2-8-3(1-9-11)5(7)10-4;6-4-2-9-3(1-8)5(7)10-4;6-4-1-8-3(2-10)5(7)9-4;5-3-1-7-2-4(6)8-3;1-2-5-3-4;2-1-3;1-4(2)3;1-2/h4-5,8,10,12-13,15H,6-7,9,14H2,1-3H3,(H,26,27);8,10H,4-6,9H2,1-3H3,(H,19,20);8H,4-7,11H2,1-3H3;1-6H;1-2,11H;2H;1-2H;1-2H;3H,2H2,1H3;1H2;;2H,1H2/b;;;;9-1+;;;;;;;/t15-;10-;;;;;;;;;;/m11........../s1. The van der Waals surface area contributed by atoms with Crippen LogP contribution in [0.4, 0.5) is 26.0 Å². The number of aldehydes is 1. The maximum Gasteiger partial charge on any atom is 0.410 e. The summed E-state index contributed by atoms with van der Waals surface area (Å²) in [5.74, 6) is 4.54. The molecule has 0 spiro atoms. The van der Waals surface area contributed by atoms with Crippen LogP contribution in [0.2, 0.25) is 46.4 Å². The number of carbonyl (C=O) groups excluding carboxylic acids is 5. The van der Waals surface area contributed by atoms with E-state index in [-0.39, 0.29) is 106 Å². The number of anilines is 2. The molecule has 702 valence electrons. The molecule has 10 aromatic heterocycles. The Bertz CT molecular complexity index is 5310. The number of hydrogen-bond donors (Lipinski definition) is 6. The zero-order valence-electron chi connectivity index (χ0n) is 71.0. The minimum Gasteiger partial charge on any atom is -0.468 e. The van der Waals surface area contributed by atoms with E-state index in [1.165, 1.54) is 37.2 Å². The van der Waals surface area contributed by atoms with E-state index < -0.39 is 26.0 Å². The highest BCUT2D eigenvalue weighted by Crippen LogP contribution is 2.27. The van der Waals surface area contributed by atoms with E-state index in [4.69, 9.17) is 173 Å². The van der Waals surface area contributed by atoms with Crippen molar-refractivity contribution in [1.82, 2.24) is 93.3 Å². The van der Waals surface area contributed by atoms with Crippen molar-refractivity contribution in [3.63, 3.8) is 0 Å². The molecule has 130 heavy (non-hydrogen) atoms. The van der Waals surface area contributed by atoms with E-state index in [0.717, 1.165) is 62.6 Å². The first-order chi connectivity index (χ1) is 61.5. The van der Waals surface area contributed by atoms with Crippen molar-refractivity contribution in [2.45, 2.75) is 143 Å². The molecule has 13 rings (SSSR count). The van der Waals surface area contributed by atoms with Crippen molar-refractivity contribution in [3.8, 4) is 29.6 Å². The molecule has 1 unspecified atom stereocenters. The molecular formula is C77H90Cl13N27O12S. The van der Waals surface area contributed by atoms with Crippen LogP contribution in [0, 0.1) is 34.0 Å². The molecule has 3 atom stereocenters. The van der Waals surface area contributed by atoms with Crippen LogP contribution in [0.5, 0.6) is 0 Å². The minimum atomic E-state index is -1.67. The van der Waals surface area contributed by atoms with Gasteiger partial charge in [-0.15, -0.1) is 23.2 Å². The highest BCUT2D eigenvalue weighted by Gasteiger charge is 2.31. The maximum absolute atomic E-state index is 12.4. The lowest BCUT2D eigenvalue weighted by Gasteiger charge is -2.34. The Hall–Kier alpha value is -9.85. The number of nitriles is 3. The highest BCUT2D eigenvalue weighted by atomic mass is 36.0. The molecule has 0 aliphatic carbocycles. The third-order valence-electron chi connectivity index (χ3n) is 15.0. The monoisotopic (exact) mass is 2070 g/mol. The number of fused-ring (bicyclic) bond motifs is 2. The van der Waals surface area contributed by atoms with E-state index >= 15 is 0 Å². The quantitative estimate of drug-likeness (QED) is 0.0149. The number of carbonyl (C=O) groups is 5. The van der Waals surface area contributed by atoms with E-state index in [9.17, 15) is 29.2 Å². The van der Waals surface area contributed by atoms with Gasteiger partial charge in [-0.05, 0) is 132 Å². The van der Waals surface area contributed by atoms with Gasteiger partial charge in [-0.2, -0.15) is 15.8 Å². The summed E-state index contributed by atoms with van der Waals surface area (Å²) in [6.07, 6.45) is 25.2. The molecule has 3 aliphatic heterocycles. The predicted octanol–water partition coefficient (Wildman–Crippen LogP) is 17.6. The van der Waals surface area contributed by atoms with Crippen molar-refractivity contribution in [1.29, 1.82) is 15.8 Å². The molecule has 0 aromatic carbocycles. The first kappa shape index (κ1) is 116. The van der Waals surface area contributed by atoms with Crippen LogP contribution in [0.3, 0.4) is 0 Å². The van der Waals surface area contributed by atoms with Gasteiger partial charge in [-0.25, -0.2) is 89.3 Å². The molecule has 10 aromatic rings. The average molecular weight is 2080 g/mol. The third kappa shape index (κ3) is 47.8. The summed E-state index contributed by atoms with van der Waals surface area (Å²) in [5.41, 5.74) is 8.04. The number of amides is 3. The van der Waals surface area contributed by atoms with Crippen molar-refractivity contribution in [2.24, 2.45) is 16.8 Å². The normalized spacial score (nSPS) is 14.0. The Labute approximate surface area is 815 Å². The summed E-state index contributed by atoms with van der Waals surface area (Å²) in [4.78, 5) is 115. The van der Waals surface area contributed by atoms with E-state index in [0.29, 0.717) is 85.4 Å². The van der Waals surface area contributed by atoms with Crippen LogP contribution in [0.15, 0.2) is 116 Å². The SMILES string of the molecule is CC(C)(C)OC(=O)N1CCCC(N)C1.CC(C)(C)OC(=O)N1CCC[C@@H](Nc2cnc(C#N)c(-c3cnc4ccccn34)n2)C1.CC(C)(C)OC(=O)N1CCC[C@@H](Nc2cnc(C#N)c(Cl)n2)C1.CCOC=O.ClCCl.Clc1cncc(Cl)n1.N#Cc1ncc(Cl)nc1Cl.NO.O/N=C/c1ncc(Cl)nc1Cl.O=Cc1ncc(Cl)nc1Cl.O=S(Cl)Cl.c1ccn2ccnc2c1. The Morgan fingerprint density at radius 1 is 0.546 bits per heavy atom. The Morgan fingerprint density at radius 3 is 1.36 bits per heavy atom. The van der Waals surface area contributed by atoms with Gasteiger partial charge in [0.25, 0.3) is 6.47 Å². The number of nitrogens with one attached hydrogen (secondary N) is 2. The second-order valence-electron chi connectivity index (χ2n) is 28.2. The van der Waals surface area contributed by atoms with Crippen LogP contribution >= 0.6 is 149 Å². The van der Waals surface area contributed by atoms with Crippen LogP contribution in [0.1, 0.15) is 141 Å². The van der Waals surface area contributed by atoms with Crippen LogP contribution < -0.4 is 22.3 Å². The third-order valence-corrected chi connectivity index (χ3v) is 17.0. The topological polar surface area (TPSA) is 539 Å². The van der Waals surface area contributed by atoms with Gasteiger partial charge in [0.1, 0.15) is 101 Å². The molecule has 13 heterocycles. The number of hydrogen-bond acceptors (Lipinski definition) is 34. The van der Waals surface area contributed by atoms with Gasteiger partial charge < -0.3 is 64.8 Å². The molecule has 53 heteroatoms. The van der Waals surface area contributed by atoms with Crippen molar-refractivity contribution in [3.05, 3.63) is 186 Å². The largest absolute Gasteiger partial charge is 0.468 e. The zero-order chi connectivity index (χ0) is 97.7. The summed E-state index contributed by atoms with van der Waals surface area (Å²) in [6, 6.07) is 17.5. The van der Waals surface area contributed by atoms with Crippen LogP contribution in [0.25, 0.3) is 22.7 Å². The first-order valence-electron chi connectivity index (χ1n) is 37.6. The molecule has 0 saturated carbocycles. The smallest absolute Gasteiger partial charge is 0.410 e. The van der Waals surface area contributed by atoms with Crippen molar-refractivity contribution < 1.29 is 57.5 Å². The van der Waals surface area contributed by atoms with E-state index in [2.05, 4.69) is 124 Å². The lowest BCUT2D eigenvalue weighted by molar-refractivity contribution is -0.128. The minimum absolute atomic E-state index is 0.0125. The van der Waals surface area contributed by atoms with Crippen molar-refractivity contribution in [2.75, 3.05) is 61.8 Å². The number of pyridine rings is 2. The Balaban J connectivity index is 0.000000513. The molecule has 39 nitrogen and oxygen atoms in total. The number of alkyl halides is 2. The maximum atomic E-state index is 12.4. The Kier molecular flexibility index (Phi) is 55.9. The fraction of sp³-hybridized carbons (Fsp3) is 0.390. The highest BCUT2D eigenvalue weighted by molar-refractivity contribution is 8.26. The number of likely N-dealkylation sites (tertiary alicyclic amines) is 3. The summed E-state index contributed by atoms with van der Waals surface area (Å²) in [5, 5.41) is 52.2. The summed E-state index contributed by atoms with van der Waals surface area (Å²) >= 11 is 58.9. The second-order valence-corrected chi connectivity index (χ2v) is 34.9. The number of piperidine rings is 3. The van der Waals surface area contributed by atoms with Gasteiger partial charge >= 0.3 is 18.3 Å². The lowest BCUT2D eigenvalue weighted by atomic mass is 10.1. The van der Waals surface area contributed by atoms with Crippen LogP contribution in [-0.4, -0.2) is 231 Å². The molecule has 3 amide bonds. The number of rotatable bonds is 9. The lowest BCUT2D eigenvalue weighted by Crippen LogP contribution is -2.47. The van der Waals surface area contributed by atoms with Gasteiger partial charge in [-0.3, -0.25) is 19.0 Å². The summed E-state index contributed by atoms with van der Waals surface area (Å²) in [7, 11) is 7.36. The summed E-state index contributed by atoms with van der Waals surface area (Å²) in [6.45, 7) is 23.2. The number of ether oxygens (including phenoxy) is 4. The van der Waals surface area contributed by atoms with E-state index in [1.54, 1.807) is 46.3 Å². The first-order valence-corrected chi connectivity index (χ1v) is 44.9. The van der Waals surface area contributed by atoms with Gasteiger partial charge in [-0.1, -0.05) is 122 Å². The molecule has 3 saturated heterocycles. The molecule has 0 radical (unpaired) electrons. The molecule has 0 bridgehead atoms. The fourth-order valence-corrected chi connectivity index (χ4v) is 11.6. The second kappa shape index (κ2) is 62.5. The van der Waals surface area contributed by atoms with Gasteiger partial charge in [0.15, 0.2) is 44.0 Å². The molecule has 3 fully saturated rings. The Morgan fingerprint density at radius 2 is 0.962 bits per heavy atom. The number of imidazole rings is 2. The molecule has 8 N–H and O–H groups in total. The number of nitrogens with zero attached hydrogens (tertiary/aromatic N) is 23. The van der Waals surface area contributed by atoms with Gasteiger partial charge in [0, 0.05) is 104 Å². The number of halogens is 13. The fourth-order valence-electron chi connectivity index (χ4n) is 10.0. The van der Waals surface area contributed by atoms with E-state index in [1.807, 2.05) is 132 Å². The number of nitrogens with two attached hydrogens (primary N) is 2. The van der Waals surface area contributed by atoms with Crippen molar-refractivity contribution >= 4 is 218 Å². The number of oxime groups is 1. The van der Waals surface area contributed by atoms with Crippen LogP contribution in [-0.2, 0) is 33.0 Å². The van der Waals surface area contributed by atoms with Gasteiger partial charge in [0.05, 0.1) is 73.4 Å². The average Bonchev–Trinajstić information content (AvgIpc) is 1.65. The molecule has 3 aliphatic rings. The molecular weight excluding hydrogens is 1990 g/mol. The predicted molar refractivity (Wildman–Crippen MR) is 500 cm³/mol. The zero-order valence-corrected chi connectivity index (χ0v) is 81.6. The summed E-state index contributed by atoms with van der Waals surface area (Å²) < 4.78 is 33.2. The number of aromatic nitrogens is 16. The van der Waals surface area contributed by atoms with Gasteiger partial charge in [0.2, 0.25) is 9.23 Å².